The number of carbonyl (C=O) groups excluding carboxylic acids is 2. The molecule has 30 heavy (non-hydrogen) atoms. The minimum atomic E-state index is -0.00212. The van der Waals surface area contributed by atoms with Crippen molar-refractivity contribution in [2.75, 3.05) is 55.6 Å². The summed E-state index contributed by atoms with van der Waals surface area (Å²) in [6.07, 6.45) is 9.47. The lowest BCUT2D eigenvalue weighted by Crippen LogP contribution is -2.43. The van der Waals surface area contributed by atoms with Crippen LogP contribution in [-0.2, 0) is 9.59 Å². The van der Waals surface area contributed by atoms with Crippen molar-refractivity contribution in [3.05, 3.63) is 0 Å². The molecule has 8 nitrogen and oxygen atoms in total. The molecule has 0 radical (unpaired) electrons. The number of likely N-dealkylation sites (tertiary alicyclic amines) is 1. The zero-order valence-electron chi connectivity index (χ0n) is 17.9. The lowest BCUT2D eigenvalue weighted by atomic mass is 9.97. The van der Waals surface area contributed by atoms with Crippen LogP contribution < -0.4 is 15.1 Å². The number of amides is 2. The molecule has 4 rings (SSSR count). The molecule has 0 bridgehead atoms. The van der Waals surface area contributed by atoms with Crippen LogP contribution in [0.15, 0.2) is 0 Å². The molecule has 1 aromatic heterocycles. The molecule has 3 saturated heterocycles. The van der Waals surface area contributed by atoms with Crippen LogP contribution in [0.25, 0.3) is 0 Å². The van der Waals surface area contributed by atoms with E-state index in [4.69, 9.17) is 0 Å². The van der Waals surface area contributed by atoms with E-state index in [1.807, 2.05) is 0 Å². The Morgan fingerprint density at radius 3 is 2.63 bits per heavy atom. The Morgan fingerprint density at radius 1 is 1.00 bits per heavy atom. The van der Waals surface area contributed by atoms with E-state index in [1.165, 1.54) is 43.7 Å². The van der Waals surface area contributed by atoms with Crippen molar-refractivity contribution < 1.29 is 9.59 Å². The summed E-state index contributed by atoms with van der Waals surface area (Å²) >= 11 is 1.47. The van der Waals surface area contributed by atoms with E-state index in [9.17, 15) is 9.59 Å². The molecular weight excluding hydrogens is 400 g/mol. The van der Waals surface area contributed by atoms with Crippen LogP contribution in [0, 0.1) is 5.92 Å². The van der Waals surface area contributed by atoms with Crippen molar-refractivity contribution in [3.8, 4) is 0 Å². The van der Waals surface area contributed by atoms with Crippen molar-refractivity contribution >= 4 is 33.4 Å². The summed E-state index contributed by atoms with van der Waals surface area (Å²) in [6.45, 7) is 6.56. The van der Waals surface area contributed by atoms with Gasteiger partial charge in [0.05, 0.1) is 5.92 Å². The first kappa shape index (κ1) is 21.5. The quantitative estimate of drug-likeness (QED) is 0.663. The van der Waals surface area contributed by atoms with E-state index in [1.54, 1.807) is 4.90 Å². The standard InChI is InChI=1S/C21H34N6O2S/c28-18-9-2-5-15-27(18)21-24-23-20(30-21)26-14-6-8-17(16-26)19(29)22-10-7-13-25-11-3-1-4-12-25/h17H,1-16H2,(H,22,29)/t17-/m1/s1. The average Bonchev–Trinajstić information content (AvgIpc) is 3.28. The third-order valence-electron chi connectivity index (χ3n) is 6.42. The molecule has 0 saturated carbocycles. The lowest BCUT2D eigenvalue weighted by Gasteiger charge is -2.31. The van der Waals surface area contributed by atoms with Crippen LogP contribution >= 0.6 is 11.3 Å². The number of piperidine rings is 3. The number of carbonyl (C=O) groups is 2. The van der Waals surface area contributed by atoms with Crippen molar-refractivity contribution in [1.82, 2.24) is 20.4 Å². The molecule has 3 aliphatic rings. The van der Waals surface area contributed by atoms with E-state index in [2.05, 4.69) is 25.3 Å². The van der Waals surface area contributed by atoms with Crippen molar-refractivity contribution in [2.24, 2.45) is 5.92 Å². The average molecular weight is 435 g/mol. The number of nitrogens with one attached hydrogen (secondary N) is 1. The van der Waals surface area contributed by atoms with Gasteiger partial charge in [0.2, 0.25) is 22.1 Å². The van der Waals surface area contributed by atoms with Gasteiger partial charge in [-0.1, -0.05) is 17.8 Å². The molecule has 1 atom stereocenters. The topological polar surface area (TPSA) is 81.7 Å². The van der Waals surface area contributed by atoms with Gasteiger partial charge in [-0.25, -0.2) is 0 Å². The van der Waals surface area contributed by atoms with E-state index in [0.717, 1.165) is 63.4 Å². The summed E-state index contributed by atoms with van der Waals surface area (Å²) in [7, 11) is 0. The normalized spacial score (nSPS) is 23.6. The molecule has 9 heteroatoms. The number of hydrogen-bond donors (Lipinski definition) is 1. The van der Waals surface area contributed by atoms with Crippen LogP contribution in [0.3, 0.4) is 0 Å². The van der Waals surface area contributed by atoms with E-state index in [-0.39, 0.29) is 17.7 Å². The lowest BCUT2D eigenvalue weighted by molar-refractivity contribution is -0.125. The summed E-state index contributed by atoms with van der Waals surface area (Å²) in [5, 5.41) is 13.3. The molecule has 4 heterocycles. The highest BCUT2D eigenvalue weighted by Gasteiger charge is 2.29. The van der Waals surface area contributed by atoms with Gasteiger partial charge in [0.25, 0.3) is 0 Å². The molecule has 0 spiro atoms. The Labute approximate surface area is 183 Å². The van der Waals surface area contributed by atoms with Gasteiger partial charge < -0.3 is 15.1 Å². The van der Waals surface area contributed by atoms with Gasteiger partial charge in [-0.3, -0.25) is 14.5 Å². The molecular formula is C21H34N6O2S. The molecule has 3 aliphatic heterocycles. The number of rotatable bonds is 7. The molecule has 2 amide bonds. The van der Waals surface area contributed by atoms with Gasteiger partial charge in [-0.2, -0.15) is 0 Å². The second kappa shape index (κ2) is 10.5. The number of aromatic nitrogens is 2. The summed E-state index contributed by atoms with van der Waals surface area (Å²) < 4.78 is 0. The van der Waals surface area contributed by atoms with Crippen LogP contribution in [0.5, 0.6) is 0 Å². The minimum absolute atomic E-state index is 0.00212. The van der Waals surface area contributed by atoms with Gasteiger partial charge in [0, 0.05) is 32.6 Å². The Kier molecular flexibility index (Phi) is 7.54. The monoisotopic (exact) mass is 434 g/mol. The first-order valence-electron chi connectivity index (χ1n) is 11.6. The fourth-order valence-corrected chi connectivity index (χ4v) is 5.58. The number of nitrogens with zero attached hydrogens (tertiary/aromatic N) is 5. The first-order valence-corrected chi connectivity index (χ1v) is 12.4. The Morgan fingerprint density at radius 2 is 1.80 bits per heavy atom. The van der Waals surface area contributed by atoms with Gasteiger partial charge in [-0.15, -0.1) is 10.2 Å². The van der Waals surface area contributed by atoms with Crippen LogP contribution in [0.1, 0.15) is 57.8 Å². The molecule has 3 fully saturated rings. The van der Waals surface area contributed by atoms with Gasteiger partial charge >= 0.3 is 0 Å². The highest BCUT2D eigenvalue weighted by atomic mass is 32.1. The van der Waals surface area contributed by atoms with Crippen molar-refractivity contribution in [3.63, 3.8) is 0 Å². The van der Waals surface area contributed by atoms with Gasteiger partial charge in [-0.05, 0) is 64.6 Å². The van der Waals surface area contributed by atoms with Gasteiger partial charge in [0.1, 0.15) is 0 Å². The van der Waals surface area contributed by atoms with E-state index >= 15 is 0 Å². The smallest absolute Gasteiger partial charge is 0.228 e. The van der Waals surface area contributed by atoms with Crippen LogP contribution in [-0.4, -0.2) is 72.7 Å². The maximum Gasteiger partial charge on any atom is 0.228 e. The number of anilines is 2. The highest BCUT2D eigenvalue weighted by molar-refractivity contribution is 7.19. The van der Waals surface area contributed by atoms with Crippen LogP contribution in [0.2, 0.25) is 0 Å². The third kappa shape index (κ3) is 5.49. The second-order valence-corrected chi connectivity index (χ2v) is 9.64. The highest BCUT2D eigenvalue weighted by Crippen LogP contribution is 2.32. The summed E-state index contributed by atoms with van der Waals surface area (Å²) in [4.78, 5) is 31.3. The Balaban J connectivity index is 1.23. The second-order valence-electron chi connectivity index (χ2n) is 8.70. The fraction of sp³-hybridized carbons (Fsp3) is 0.810. The van der Waals surface area contributed by atoms with Crippen molar-refractivity contribution in [2.45, 2.75) is 57.8 Å². The molecule has 166 valence electrons. The summed E-state index contributed by atoms with van der Waals surface area (Å²) in [6, 6.07) is 0. The molecule has 0 unspecified atom stereocenters. The van der Waals surface area contributed by atoms with Crippen molar-refractivity contribution in [1.29, 1.82) is 0 Å². The predicted octanol–water partition coefficient (Wildman–Crippen LogP) is 2.26. The molecule has 0 aliphatic carbocycles. The summed E-state index contributed by atoms with van der Waals surface area (Å²) in [5.74, 6) is 0.302. The number of hydrogen-bond acceptors (Lipinski definition) is 7. The van der Waals surface area contributed by atoms with E-state index in [0.29, 0.717) is 18.1 Å². The largest absolute Gasteiger partial charge is 0.356 e. The zero-order chi connectivity index (χ0) is 20.8. The molecule has 1 aromatic rings. The Hall–Kier alpha value is -1.74. The molecule has 1 N–H and O–H groups in total. The summed E-state index contributed by atoms with van der Waals surface area (Å²) in [5.41, 5.74) is 0. The van der Waals surface area contributed by atoms with Crippen LogP contribution in [0.4, 0.5) is 10.3 Å². The zero-order valence-corrected chi connectivity index (χ0v) is 18.7. The Bertz CT molecular complexity index is 720. The fourth-order valence-electron chi connectivity index (χ4n) is 4.66. The first-order chi connectivity index (χ1) is 14.7. The maximum absolute atomic E-state index is 12.7. The third-order valence-corrected chi connectivity index (χ3v) is 7.43. The maximum atomic E-state index is 12.7. The molecule has 0 aromatic carbocycles. The van der Waals surface area contributed by atoms with E-state index < -0.39 is 0 Å². The minimum Gasteiger partial charge on any atom is -0.356 e. The van der Waals surface area contributed by atoms with Gasteiger partial charge in [0.15, 0.2) is 0 Å². The SMILES string of the molecule is O=C(NCCCN1CCCCC1)[C@@H]1CCCN(c2nnc(N3CCCCC3=O)s2)C1. The predicted molar refractivity (Wildman–Crippen MR) is 119 cm³/mol.